The lowest BCUT2D eigenvalue weighted by Gasteiger charge is -2.24. The van der Waals surface area contributed by atoms with Gasteiger partial charge in [0.05, 0.1) is 23.5 Å². The summed E-state index contributed by atoms with van der Waals surface area (Å²) in [5, 5.41) is 0. The summed E-state index contributed by atoms with van der Waals surface area (Å²) in [4.78, 5) is 46.1. The molecule has 266 valence electrons. The molecule has 52 heavy (non-hydrogen) atoms. The molecule has 7 rings (SSSR count). The fourth-order valence-corrected chi connectivity index (χ4v) is 7.39. The Balaban J connectivity index is 0.960. The highest BCUT2D eigenvalue weighted by Gasteiger charge is 2.33. The molecule has 2 aliphatic rings. The first-order valence-electron chi connectivity index (χ1n) is 18.7. The third-order valence-corrected chi connectivity index (χ3v) is 10.1. The van der Waals surface area contributed by atoms with Crippen molar-refractivity contribution in [2.45, 2.75) is 78.3 Å². The van der Waals surface area contributed by atoms with Crippen LogP contribution in [0.5, 0.6) is 0 Å². The second-order valence-corrected chi connectivity index (χ2v) is 15.0. The van der Waals surface area contributed by atoms with Gasteiger partial charge in [-0.05, 0) is 72.9 Å². The molecule has 5 aromatic rings. The van der Waals surface area contributed by atoms with Crippen LogP contribution >= 0.6 is 0 Å². The number of nitrogens with zero attached hydrogens (tertiary/aromatic N) is 4. The fourth-order valence-electron chi connectivity index (χ4n) is 7.39. The summed E-state index contributed by atoms with van der Waals surface area (Å²) in [6, 6.07) is 25.0. The molecule has 2 saturated heterocycles. The van der Waals surface area contributed by atoms with Crippen molar-refractivity contribution in [3.63, 3.8) is 0 Å². The van der Waals surface area contributed by atoms with Crippen LogP contribution in [0, 0.1) is 23.7 Å². The first-order chi connectivity index (χ1) is 25.2. The highest BCUT2D eigenvalue weighted by Crippen LogP contribution is 2.34. The number of carbonyl (C=O) groups is 2. The topological polar surface area (TPSA) is 98.0 Å². The minimum atomic E-state index is 0.0218. The van der Waals surface area contributed by atoms with Crippen LogP contribution in [0.4, 0.5) is 0 Å². The molecule has 3 aromatic carbocycles. The van der Waals surface area contributed by atoms with Gasteiger partial charge in [-0.2, -0.15) is 0 Å². The van der Waals surface area contributed by atoms with E-state index in [1.807, 2.05) is 34.3 Å². The zero-order valence-electron chi connectivity index (χ0n) is 30.7. The summed E-state index contributed by atoms with van der Waals surface area (Å²) in [5.74, 6) is 9.45. The monoisotopic (exact) mass is 692 g/mol. The van der Waals surface area contributed by atoms with Gasteiger partial charge in [0.1, 0.15) is 11.6 Å². The molecule has 0 unspecified atom stereocenters. The van der Waals surface area contributed by atoms with Gasteiger partial charge in [-0.15, -0.1) is 0 Å². The second kappa shape index (κ2) is 15.4. The highest BCUT2D eigenvalue weighted by molar-refractivity contribution is 5.78. The normalized spacial score (nSPS) is 17.2. The lowest BCUT2D eigenvalue weighted by molar-refractivity contribution is -0.133. The standard InChI is InChI=1S/C44H48N6O2/c1-29(2)25-41(51)49-23-5-7-39(49)43-45-27-37(47-43)35-17-13-32(14-18-35)10-9-31-11-15-33(16-12-31)34-19-21-36(22-20-34)38-28-46-44(48-38)40-8-6-24-50(40)42(52)26-30(3)4/h11-22,27-30,39-40H,5-8,23-26H2,1-4H3,(H,45,47)(H,46,48)/t39-,40-/m0/s1. The lowest BCUT2D eigenvalue weighted by Crippen LogP contribution is -2.31. The number of benzene rings is 3. The van der Waals surface area contributed by atoms with Gasteiger partial charge in [-0.25, -0.2) is 9.97 Å². The van der Waals surface area contributed by atoms with E-state index >= 15 is 0 Å². The van der Waals surface area contributed by atoms with E-state index in [0.717, 1.165) is 95.2 Å². The summed E-state index contributed by atoms with van der Waals surface area (Å²) >= 11 is 0. The molecular formula is C44H48N6O2. The van der Waals surface area contributed by atoms with E-state index in [2.05, 4.69) is 110 Å². The number of aromatic amines is 2. The van der Waals surface area contributed by atoms with Gasteiger partial charge in [0.25, 0.3) is 0 Å². The SMILES string of the molecule is CC(C)CC(=O)N1CCC[C@H]1c1nc(-c2ccc(C#Cc3ccc(-c4ccc(-c5c[nH]c([C@@H]6CCCN6C(=O)CC(C)C)n5)cc4)cc3)cc2)c[nH]1. The molecule has 0 bridgehead atoms. The molecule has 8 heteroatoms. The first kappa shape index (κ1) is 35.0. The Hall–Kier alpha value is -5.42. The molecular weight excluding hydrogens is 645 g/mol. The molecule has 4 heterocycles. The van der Waals surface area contributed by atoms with Crippen LogP contribution in [0.15, 0.2) is 85.2 Å². The summed E-state index contributed by atoms with van der Waals surface area (Å²) in [7, 11) is 0. The van der Waals surface area contributed by atoms with Crippen LogP contribution in [0.2, 0.25) is 0 Å². The summed E-state index contributed by atoms with van der Waals surface area (Å²) in [5.41, 5.74) is 7.96. The van der Waals surface area contributed by atoms with E-state index in [4.69, 9.17) is 9.97 Å². The Bertz CT molecular complexity index is 2060. The van der Waals surface area contributed by atoms with Gasteiger partial charge in [0, 0.05) is 60.6 Å². The Labute approximate surface area is 307 Å². The third-order valence-electron chi connectivity index (χ3n) is 10.1. The number of aromatic nitrogens is 4. The van der Waals surface area contributed by atoms with Gasteiger partial charge in [-0.1, -0.05) is 88.1 Å². The van der Waals surface area contributed by atoms with Gasteiger partial charge in [-0.3, -0.25) is 9.59 Å². The summed E-state index contributed by atoms with van der Waals surface area (Å²) in [6.45, 7) is 9.95. The van der Waals surface area contributed by atoms with Gasteiger partial charge in [0.15, 0.2) is 0 Å². The first-order valence-corrected chi connectivity index (χ1v) is 18.7. The van der Waals surface area contributed by atoms with E-state index in [-0.39, 0.29) is 23.9 Å². The molecule has 2 aliphatic heterocycles. The minimum absolute atomic E-state index is 0.0218. The van der Waals surface area contributed by atoms with Crippen molar-refractivity contribution in [3.05, 3.63) is 108 Å². The zero-order valence-corrected chi connectivity index (χ0v) is 30.7. The van der Waals surface area contributed by atoms with Crippen molar-refractivity contribution in [1.29, 1.82) is 0 Å². The molecule has 2 fully saturated rings. The van der Waals surface area contributed by atoms with Crippen molar-refractivity contribution in [2.24, 2.45) is 11.8 Å². The average molecular weight is 693 g/mol. The molecule has 2 amide bonds. The molecule has 2 N–H and O–H groups in total. The number of hydrogen-bond acceptors (Lipinski definition) is 4. The average Bonchev–Trinajstić information content (AvgIpc) is 3.97. The predicted octanol–water partition coefficient (Wildman–Crippen LogP) is 8.95. The van der Waals surface area contributed by atoms with Gasteiger partial charge in [0.2, 0.25) is 11.8 Å². The number of imidazole rings is 2. The fraction of sp³-hybridized carbons (Fsp3) is 0.364. The van der Waals surface area contributed by atoms with E-state index in [1.165, 1.54) is 0 Å². The van der Waals surface area contributed by atoms with Crippen molar-refractivity contribution in [1.82, 2.24) is 29.7 Å². The van der Waals surface area contributed by atoms with Crippen LogP contribution < -0.4 is 0 Å². The van der Waals surface area contributed by atoms with Crippen LogP contribution in [-0.4, -0.2) is 54.6 Å². The largest absolute Gasteiger partial charge is 0.346 e. The Kier molecular flexibility index (Phi) is 10.4. The number of nitrogens with one attached hydrogen (secondary N) is 2. The van der Waals surface area contributed by atoms with Crippen molar-refractivity contribution >= 4 is 11.8 Å². The molecule has 8 nitrogen and oxygen atoms in total. The number of amides is 2. The molecule has 0 saturated carbocycles. The van der Waals surface area contributed by atoms with E-state index < -0.39 is 0 Å². The number of carbonyl (C=O) groups excluding carboxylic acids is 2. The predicted molar refractivity (Wildman–Crippen MR) is 206 cm³/mol. The highest BCUT2D eigenvalue weighted by atomic mass is 16.2. The maximum absolute atomic E-state index is 12.8. The maximum atomic E-state index is 12.8. The van der Waals surface area contributed by atoms with E-state index in [1.54, 1.807) is 0 Å². The lowest BCUT2D eigenvalue weighted by atomic mass is 10.0. The molecule has 2 atom stereocenters. The Morgan fingerprint density at radius 3 is 1.38 bits per heavy atom. The summed E-state index contributed by atoms with van der Waals surface area (Å²) in [6.07, 6.45) is 8.93. The number of H-pyrrole nitrogens is 2. The number of hydrogen-bond donors (Lipinski definition) is 2. The quantitative estimate of drug-likeness (QED) is 0.151. The van der Waals surface area contributed by atoms with Crippen molar-refractivity contribution in [2.75, 3.05) is 13.1 Å². The second-order valence-electron chi connectivity index (χ2n) is 15.0. The van der Waals surface area contributed by atoms with Crippen LogP contribution in [-0.2, 0) is 9.59 Å². The number of rotatable bonds is 9. The van der Waals surface area contributed by atoms with E-state index in [0.29, 0.717) is 24.7 Å². The third kappa shape index (κ3) is 7.89. The Morgan fingerprint density at radius 2 is 0.981 bits per heavy atom. The molecule has 2 aromatic heterocycles. The smallest absolute Gasteiger partial charge is 0.223 e. The molecule has 0 aliphatic carbocycles. The maximum Gasteiger partial charge on any atom is 0.223 e. The summed E-state index contributed by atoms with van der Waals surface area (Å²) < 4.78 is 0. The van der Waals surface area contributed by atoms with Crippen molar-refractivity contribution < 1.29 is 9.59 Å². The van der Waals surface area contributed by atoms with Gasteiger partial charge < -0.3 is 19.8 Å². The van der Waals surface area contributed by atoms with E-state index in [9.17, 15) is 9.59 Å². The number of likely N-dealkylation sites (tertiary alicyclic amines) is 2. The van der Waals surface area contributed by atoms with Crippen LogP contribution in [0.1, 0.15) is 101 Å². The molecule has 0 spiro atoms. The van der Waals surface area contributed by atoms with Crippen molar-refractivity contribution in [3.8, 4) is 45.5 Å². The minimum Gasteiger partial charge on any atom is -0.346 e. The van der Waals surface area contributed by atoms with Crippen LogP contribution in [0.3, 0.4) is 0 Å². The zero-order chi connectivity index (χ0) is 36.2. The van der Waals surface area contributed by atoms with Gasteiger partial charge >= 0.3 is 0 Å². The van der Waals surface area contributed by atoms with Crippen LogP contribution in [0.25, 0.3) is 33.6 Å². The molecule has 0 radical (unpaired) electrons. The Morgan fingerprint density at radius 1 is 0.615 bits per heavy atom.